The van der Waals surface area contributed by atoms with Gasteiger partial charge in [-0.2, -0.15) is 0 Å². The lowest BCUT2D eigenvalue weighted by Crippen LogP contribution is -2.43. The predicted molar refractivity (Wildman–Crippen MR) is 117 cm³/mol. The molecule has 0 spiro atoms. The number of hydrogen-bond acceptors (Lipinski definition) is 6. The SMILES string of the molecule is CCOC(=O)C1=C(n2cccc2CNC(=O)O)C(=O)N(Cc2ccccc2)C1C(=O)OCC. The minimum absolute atomic E-state index is 0.0388. The Bertz CT molecular complexity index is 1070. The third kappa shape index (κ3) is 5.05. The Morgan fingerprint density at radius 3 is 2.36 bits per heavy atom. The third-order valence-electron chi connectivity index (χ3n) is 5.00. The molecule has 10 nitrogen and oxygen atoms in total. The smallest absolute Gasteiger partial charge is 0.404 e. The van der Waals surface area contributed by atoms with Crippen LogP contribution in [0.25, 0.3) is 5.70 Å². The topological polar surface area (TPSA) is 127 Å². The van der Waals surface area contributed by atoms with E-state index >= 15 is 0 Å². The number of aromatic nitrogens is 1. The largest absolute Gasteiger partial charge is 0.465 e. The van der Waals surface area contributed by atoms with Gasteiger partial charge in [0.15, 0.2) is 6.04 Å². The summed E-state index contributed by atoms with van der Waals surface area (Å²) in [5, 5.41) is 11.2. The lowest BCUT2D eigenvalue weighted by Gasteiger charge is -2.24. The first-order chi connectivity index (χ1) is 15.9. The van der Waals surface area contributed by atoms with Crippen LogP contribution in [0.2, 0.25) is 0 Å². The lowest BCUT2D eigenvalue weighted by atomic mass is 10.1. The van der Waals surface area contributed by atoms with E-state index < -0.39 is 30.0 Å². The van der Waals surface area contributed by atoms with Gasteiger partial charge in [-0.1, -0.05) is 30.3 Å². The molecule has 3 rings (SSSR count). The van der Waals surface area contributed by atoms with Crippen molar-refractivity contribution < 1.29 is 33.8 Å². The Morgan fingerprint density at radius 2 is 1.73 bits per heavy atom. The molecule has 174 valence electrons. The first kappa shape index (κ1) is 23.6. The standard InChI is InChI=1S/C23H25N3O7/c1-3-32-21(28)17-18(25-12-8-11-16(25)13-24-23(30)31)20(27)26(19(17)22(29)33-4-2)14-15-9-6-5-7-10-15/h5-12,19,24H,3-4,13-14H2,1-2H3,(H,30,31). The monoisotopic (exact) mass is 455 g/mol. The predicted octanol–water partition coefficient (Wildman–Crippen LogP) is 2.00. The van der Waals surface area contributed by atoms with E-state index in [-0.39, 0.29) is 37.6 Å². The van der Waals surface area contributed by atoms with Gasteiger partial charge in [-0.15, -0.1) is 0 Å². The average Bonchev–Trinajstić information content (AvgIpc) is 3.35. The second kappa shape index (κ2) is 10.5. The molecule has 1 aromatic heterocycles. The zero-order valence-corrected chi connectivity index (χ0v) is 18.3. The van der Waals surface area contributed by atoms with Crippen LogP contribution in [0.3, 0.4) is 0 Å². The summed E-state index contributed by atoms with van der Waals surface area (Å²) in [4.78, 5) is 51.8. The first-order valence-electron chi connectivity index (χ1n) is 10.4. The molecule has 10 heteroatoms. The summed E-state index contributed by atoms with van der Waals surface area (Å²) < 4.78 is 11.8. The zero-order chi connectivity index (χ0) is 24.0. The number of ether oxygens (including phenoxy) is 2. The highest BCUT2D eigenvalue weighted by Gasteiger charge is 2.48. The number of esters is 2. The fraction of sp³-hybridized carbons (Fsp3) is 0.304. The van der Waals surface area contributed by atoms with Crippen LogP contribution >= 0.6 is 0 Å². The van der Waals surface area contributed by atoms with Crippen molar-refractivity contribution in [1.29, 1.82) is 0 Å². The Labute approximate surface area is 190 Å². The van der Waals surface area contributed by atoms with Crippen LogP contribution in [0.4, 0.5) is 4.79 Å². The van der Waals surface area contributed by atoms with Crippen LogP contribution in [0.1, 0.15) is 25.1 Å². The van der Waals surface area contributed by atoms with E-state index in [0.717, 1.165) is 5.56 Å². The van der Waals surface area contributed by atoms with Crippen molar-refractivity contribution in [3.8, 4) is 0 Å². The highest BCUT2D eigenvalue weighted by Crippen LogP contribution is 2.33. The lowest BCUT2D eigenvalue weighted by molar-refractivity contribution is -0.153. The van der Waals surface area contributed by atoms with Crippen LogP contribution in [0.5, 0.6) is 0 Å². The van der Waals surface area contributed by atoms with Crippen LogP contribution < -0.4 is 5.32 Å². The Kier molecular flexibility index (Phi) is 7.50. The molecule has 0 fully saturated rings. The number of nitrogens with zero attached hydrogens (tertiary/aromatic N) is 2. The van der Waals surface area contributed by atoms with E-state index in [2.05, 4.69) is 5.32 Å². The molecule has 33 heavy (non-hydrogen) atoms. The molecule has 1 aliphatic rings. The van der Waals surface area contributed by atoms with Crippen LogP contribution in [0, 0.1) is 0 Å². The molecule has 0 aliphatic carbocycles. The second-order valence-corrected chi connectivity index (χ2v) is 7.08. The highest BCUT2D eigenvalue weighted by molar-refractivity contribution is 6.26. The van der Waals surface area contributed by atoms with Crippen LogP contribution in [0.15, 0.2) is 54.2 Å². The maximum Gasteiger partial charge on any atom is 0.404 e. The van der Waals surface area contributed by atoms with Gasteiger partial charge in [-0.25, -0.2) is 14.4 Å². The molecule has 0 radical (unpaired) electrons. The molecular formula is C23H25N3O7. The van der Waals surface area contributed by atoms with Crippen molar-refractivity contribution in [2.24, 2.45) is 0 Å². The third-order valence-corrected chi connectivity index (χ3v) is 5.00. The molecule has 1 aliphatic heterocycles. The number of hydrogen-bond donors (Lipinski definition) is 2. The van der Waals surface area contributed by atoms with Gasteiger partial charge >= 0.3 is 18.0 Å². The molecule has 1 aromatic carbocycles. The van der Waals surface area contributed by atoms with Gasteiger partial charge in [0, 0.05) is 18.4 Å². The fourth-order valence-electron chi connectivity index (χ4n) is 3.66. The van der Waals surface area contributed by atoms with E-state index in [1.54, 1.807) is 50.2 Å². The van der Waals surface area contributed by atoms with Crippen molar-refractivity contribution in [2.75, 3.05) is 13.2 Å². The van der Waals surface area contributed by atoms with E-state index in [1.165, 1.54) is 15.7 Å². The van der Waals surface area contributed by atoms with E-state index in [9.17, 15) is 19.2 Å². The van der Waals surface area contributed by atoms with Gasteiger partial charge in [0.2, 0.25) is 0 Å². The number of carbonyl (C=O) groups is 4. The second-order valence-electron chi connectivity index (χ2n) is 7.08. The number of amides is 2. The Hall–Kier alpha value is -4.08. The van der Waals surface area contributed by atoms with Crippen molar-refractivity contribution >= 4 is 29.6 Å². The fourth-order valence-corrected chi connectivity index (χ4v) is 3.66. The summed E-state index contributed by atoms with van der Waals surface area (Å²) >= 11 is 0. The Morgan fingerprint density at radius 1 is 1.03 bits per heavy atom. The van der Waals surface area contributed by atoms with Crippen molar-refractivity contribution in [3.63, 3.8) is 0 Å². The number of nitrogens with one attached hydrogen (secondary N) is 1. The summed E-state index contributed by atoms with van der Waals surface area (Å²) in [5.41, 5.74) is 0.940. The van der Waals surface area contributed by atoms with Gasteiger partial charge in [0.05, 0.1) is 19.8 Å². The average molecular weight is 455 g/mol. The maximum absolute atomic E-state index is 13.6. The zero-order valence-electron chi connectivity index (χ0n) is 18.3. The van der Waals surface area contributed by atoms with E-state index in [0.29, 0.717) is 5.69 Å². The van der Waals surface area contributed by atoms with E-state index in [4.69, 9.17) is 14.6 Å². The molecule has 1 atom stereocenters. The molecule has 2 aromatic rings. The minimum Gasteiger partial charge on any atom is -0.465 e. The summed E-state index contributed by atoms with van der Waals surface area (Å²) in [6, 6.07) is 10.9. The summed E-state index contributed by atoms with van der Waals surface area (Å²) in [7, 11) is 0. The van der Waals surface area contributed by atoms with Crippen LogP contribution in [-0.4, -0.2) is 57.8 Å². The van der Waals surface area contributed by atoms with Crippen molar-refractivity contribution in [3.05, 3.63) is 65.5 Å². The molecule has 0 saturated carbocycles. The Balaban J connectivity index is 2.14. The number of carbonyl (C=O) groups excluding carboxylic acids is 3. The first-order valence-corrected chi connectivity index (χ1v) is 10.4. The molecule has 2 heterocycles. The minimum atomic E-state index is -1.31. The molecule has 2 N–H and O–H groups in total. The van der Waals surface area contributed by atoms with Gasteiger partial charge in [-0.3, -0.25) is 4.79 Å². The number of benzene rings is 1. The summed E-state index contributed by atoms with van der Waals surface area (Å²) in [6.07, 6.45) is 0.287. The number of carboxylic acid groups (broad SMARTS) is 1. The molecule has 0 bridgehead atoms. The maximum atomic E-state index is 13.6. The molecule has 2 amide bonds. The number of rotatable bonds is 9. The van der Waals surface area contributed by atoms with Gasteiger partial charge in [0.1, 0.15) is 11.3 Å². The van der Waals surface area contributed by atoms with Gasteiger partial charge in [0.25, 0.3) is 5.91 Å². The normalized spacial score (nSPS) is 15.5. The van der Waals surface area contributed by atoms with Crippen LogP contribution in [-0.2, 0) is 36.9 Å². The van der Waals surface area contributed by atoms with E-state index in [1.807, 2.05) is 6.07 Å². The summed E-state index contributed by atoms with van der Waals surface area (Å²) in [6.45, 7) is 3.29. The quantitative estimate of drug-likeness (QED) is 0.554. The summed E-state index contributed by atoms with van der Waals surface area (Å²) in [5.74, 6) is -2.15. The molecular weight excluding hydrogens is 430 g/mol. The van der Waals surface area contributed by atoms with Crippen molar-refractivity contribution in [2.45, 2.75) is 33.0 Å². The van der Waals surface area contributed by atoms with Crippen molar-refractivity contribution in [1.82, 2.24) is 14.8 Å². The highest BCUT2D eigenvalue weighted by atomic mass is 16.5. The molecule has 1 unspecified atom stereocenters. The van der Waals surface area contributed by atoms with Gasteiger partial charge < -0.3 is 29.4 Å². The molecule has 0 saturated heterocycles. The van der Waals surface area contributed by atoms with Gasteiger partial charge in [-0.05, 0) is 31.5 Å².